The van der Waals surface area contributed by atoms with Crippen LogP contribution in [0.4, 0.5) is 4.39 Å². The molecule has 2 aromatic carbocycles. The lowest BCUT2D eigenvalue weighted by Crippen LogP contribution is -1.88. The number of rotatable bonds is 2. The Morgan fingerprint density at radius 3 is 2.56 bits per heavy atom. The van der Waals surface area contributed by atoms with Crippen molar-refractivity contribution in [1.29, 1.82) is 0 Å². The fraction of sp³-hybridized carbons (Fsp3) is 0.0769. The van der Waals surface area contributed by atoms with Crippen molar-refractivity contribution in [1.82, 2.24) is 0 Å². The molecule has 0 N–H and O–H groups in total. The third-order valence-electron chi connectivity index (χ3n) is 2.21. The molecule has 0 aliphatic rings. The summed E-state index contributed by atoms with van der Waals surface area (Å²) in [5.74, 6) is 0.335. The predicted molar refractivity (Wildman–Crippen MR) is 62.7 cm³/mol. The van der Waals surface area contributed by atoms with E-state index in [-0.39, 0.29) is 11.6 Å². The van der Waals surface area contributed by atoms with E-state index >= 15 is 0 Å². The van der Waals surface area contributed by atoms with Gasteiger partial charge in [-0.05, 0) is 36.8 Å². The minimum Gasteiger partial charge on any atom is -0.454 e. The van der Waals surface area contributed by atoms with Crippen molar-refractivity contribution in [3.8, 4) is 11.5 Å². The van der Waals surface area contributed by atoms with E-state index in [1.807, 2.05) is 13.0 Å². The zero-order valence-electron chi connectivity index (χ0n) is 8.71. The van der Waals surface area contributed by atoms with E-state index in [1.165, 1.54) is 6.07 Å². The number of benzene rings is 2. The monoisotopic (exact) mass is 236 g/mol. The van der Waals surface area contributed by atoms with Crippen LogP contribution in [0, 0.1) is 12.7 Å². The van der Waals surface area contributed by atoms with Gasteiger partial charge in [0.15, 0.2) is 11.6 Å². The zero-order valence-corrected chi connectivity index (χ0v) is 9.46. The van der Waals surface area contributed by atoms with Crippen LogP contribution in [-0.2, 0) is 0 Å². The second-order valence-corrected chi connectivity index (χ2v) is 3.85. The highest BCUT2D eigenvalue weighted by molar-refractivity contribution is 6.31. The van der Waals surface area contributed by atoms with Gasteiger partial charge >= 0.3 is 0 Å². The van der Waals surface area contributed by atoms with Crippen molar-refractivity contribution < 1.29 is 9.13 Å². The van der Waals surface area contributed by atoms with Crippen LogP contribution in [0.1, 0.15) is 5.56 Å². The Kier molecular flexibility index (Phi) is 3.11. The minimum atomic E-state index is -0.390. The first-order valence-electron chi connectivity index (χ1n) is 4.85. The molecular weight excluding hydrogens is 227 g/mol. The maximum atomic E-state index is 13.3. The SMILES string of the molecule is Cc1ccc(Oc2ccccc2F)cc1Cl. The van der Waals surface area contributed by atoms with E-state index in [4.69, 9.17) is 16.3 Å². The van der Waals surface area contributed by atoms with Crippen LogP contribution >= 0.6 is 11.6 Å². The van der Waals surface area contributed by atoms with Gasteiger partial charge in [-0.15, -0.1) is 0 Å². The first-order chi connectivity index (χ1) is 7.66. The quantitative estimate of drug-likeness (QED) is 0.742. The van der Waals surface area contributed by atoms with E-state index in [0.29, 0.717) is 10.8 Å². The Morgan fingerprint density at radius 1 is 1.12 bits per heavy atom. The lowest BCUT2D eigenvalue weighted by Gasteiger charge is -2.07. The molecule has 0 aromatic heterocycles. The molecule has 16 heavy (non-hydrogen) atoms. The topological polar surface area (TPSA) is 9.23 Å². The van der Waals surface area contributed by atoms with Crippen molar-refractivity contribution in [2.45, 2.75) is 6.92 Å². The Hall–Kier alpha value is -1.54. The molecule has 0 heterocycles. The molecule has 0 radical (unpaired) electrons. The molecule has 0 amide bonds. The molecule has 0 spiro atoms. The average Bonchev–Trinajstić information content (AvgIpc) is 2.27. The highest BCUT2D eigenvalue weighted by atomic mass is 35.5. The maximum absolute atomic E-state index is 13.3. The van der Waals surface area contributed by atoms with E-state index < -0.39 is 0 Å². The van der Waals surface area contributed by atoms with Gasteiger partial charge in [-0.1, -0.05) is 29.8 Å². The maximum Gasteiger partial charge on any atom is 0.165 e. The molecule has 0 unspecified atom stereocenters. The summed E-state index contributed by atoms with van der Waals surface area (Å²) in [6, 6.07) is 11.5. The summed E-state index contributed by atoms with van der Waals surface area (Å²) in [5.41, 5.74) is 0.961. The predicted octanol–water partition coefficient (Wildman–Crippen LogP) is 4.58. The molecule has 0 bridgehead atoms. The molecule has 0 saturated heterocycles. The highest BCUT2D eigenvalue weighted by Gasteiger charge is 2.04. The van der Waals surface area contributed by atoms with Crippen LogP contribution in [-0.4, -0.2) is 0 Å². The second kappa shape index (κ2) is 4.54. The van der Waals surface area contributed by atoms with Gasteiger partial charge in [0.25, 0.3) is 0 Å². The van der Waals surface area contributed by atoms with Crippen LogP contribution in [0.15, 0.2) is 42.5 Å². The Balaban J connectivity index is 2.28. The van der Waals surface area contributed by atoms with Crippen LogP contribution in [0.25, 0.3) is 0 Å². The molecule has 82 valence electrons. The van der Waals surface area contributed by atoms with Gasteiger partial charge in [-0.3, -0.25) is 0 Å². The molecule has 3 heteroatoms. The number of para-hydroxylation sites is 1. The smallest absolute Gasteiger partial charge is 0.165 e. The van der Waals surface area contributed by atoms with Gasteiger partial charge in [0.05, 0.1) is 0 Å². The molecule has 0 atom stereocenters. The Morgan fingerprint density at radius 2 is 1.88 bits per heavy atom. The van der Waals surface area contributed by atoms with Crippen molar-refractivity contribution in [2.75, 3.05) is 0 Å². The van der Waals surface area contributed by atoms with Crippen molar-refractivity contribution in [3.05, 3.63) is 58.9 Å². The van der Waals surface area contributed by atoms with Crippen molar-refractivity contribution in [2.24, 2.45) is 0 Å². The lowest BCUT2D eigenvalue weighted by molar-refractivity contribution is 0.442. The van der Waals surface area contributed by atoms with Gasteiger partial charge in [0.2, 0.25) is 0 Å². The summed E-state index contributed by atoms with van der Waals surface area (Å²) >= 11 is 5.95. The fourth-order valence-corrected chi connectivity index (χ4v) is 1.46. The molecular formula is C13H10ClFO. The largest absolute Gasteiger partial charge is 0.454 e. The number of hydrogen-bond acceptors (Lipinski definition) is 1. The zero-order chi connectivity index (χ0) is 11.5. The summed E-state index contributed by atoms with van der Waals surface area (Å²) in [5, 5.41) is 0.605. The summed E-state index contributed by atoms with van der Waals surface area (Å²) in [4.78, 5) is 0. The first-order valence-corrected chi connectivity index (χ1v) is 5.23. The Bertz CT molecular complexity index is 511. The molecule has 0 aliphatic carbocycles. The van der Waals surface area contributed by atoms with Gasteiger partial charge < -0.3 is 4.74 Å². The molecule has 2 aromatic rings. The molecule has 2 rings (SSSR count). The van der Waals surface area contributed by atoms with E-state index in [9.17, 15) is 4.39 Å². The summed E-state index contributed by atoms with van der Waals surface area (Å²) < 4.78 is 18.7. The van der Waals surface area contributed by atoms with Crippen molar-refractivity contribution >= 4 is 11.6 Å². The van der Waals surface area contributed by atoms with Gasteiger partial charge in [0.1, 0.15) is 5.75 Å². The standard InChI is InChI=1S/C13H10ClFO/c1-9-6-7-10(8-11(9)14)16-13-5-3-2-4-12(13)15/h2-8H,1H3. The fourth-order valence-electron chi connectivity index (χ4n) is 1.29. The van der Waals surface area contributed by atoms with Crippen LogP contribution in [0.3, 0.4) is 0 Å². The number of aryl methyl sites for hydroxylation is 1. The van der Waals surface area contributed by atoms with Gasteiger partial charge in [-0.2, -0.15) is 0 Å². The Labute approximate surface area is 98.4 Å². The third kappa shape index (κ3) is 2.34. The highest BCUT2D eigenvalue weighted by Crippen LogP contribution is 2.27. The molecule has 0 aliphatic heterocycles. The summed E-state index contributed by atoms with van der Waals surface area (Å²) in [7, 11) is 0. The first kappa shape index (κ1) is 11.0. The normalized spacial score (nSPS) is 10.2. The van der Waals surface area contributed by atoms with E-state index in [0.717, 1.165) is 5.56 Å². The lowest BCUT2D eigenvalue weighted by atomic mass is 10.2. The second-order valence-electron chi connectivity index (χ2n) is 3.44. The molecule has 0 saturated carbocycles. The van der Waals surface area contributed by atoms with Crippen LogP contribution in [0.5, 0.6) is 11.5 Å². The molecule has 0 fully saturated rings. The van der Waals surface area contributed by atoms with Crippen molar-refractivity contribution in [3.63, 3.8) is 0 Å². The average molecular weight is 237 g/mol. The van der Waals surface area contributed by atoms with E-state index in [1.54, 1.807) is 30.3 Å². The van der Waals surface area contributed by atoms with Gasteiger partial charge in [0, 0.05) is 5.02 Å². The minimum absolute atomic E-state index is 0.197. The number of ether oxygens (including phenoxy) is 1. The van der Waals surface area contributed by atoms with Crippen LogP contribution < -0.4 is 4.74 Å². The molecule has 1 nitrogen and oxygen atoms in total. The number of halogens is 2. The third-order valence-corrected chi connectivity index (χ3v) is 2.61. The van der Waals surface area contributed by atoms with Gasteiger partial charge in [-0.25, -0.2) is 4.39 Å². The summed E-state index contributed by atoms with van der Waals surface area (Å²) in [6.45, 7) is 1.90. The van der Waals surface area contributed by atoms with E-state index in [2.05, 4.69) is 0 Å². The van der Waals surface area contributed by atoms with Crippen LogP contribution in [0.2, 0.25) is 5.02 Å². The summed E-state index contributed by atoms with van der Waals surface area (Å²) in [6.07, 6.45) is 0. The number of hydrogen-bond donors (Lipinski definition) is 0.